The molecule has 1 saturated heterocycles. The van der Waals surface area contributed by atoms with Crippen LogP contribution in [0.5, 0.6) is 0 Å². The van der Waals surface area contributed by atoms with Gasteiger partial charge in [0.15, 0.2) is 0 Å². The summed E-state index contributed by atoms with van der Waals surface area (Å²) in [6.45, 7) is 1.98. The standard InChI is InChI=1S/C12H19N5O/c1-16(2)8-11(18)17-6-4-9(7-17)10-3-5-14-12(13)15-10/h3,5,9H,4,6-8H2,1-2H3,(H2,13,14,15)/t9-/m0/s1. The number of hydrogen-bond donors (Lipinski definition) is 1. The predicted octanol–water partition coefficient (Wildman–Crippen LogP) is -0.0637. The maximum absolute atomic E-state index is 11.9. The van der Waals surface area contributed by atoms with Gasteiger partial charge in [-0.3, -0.25) is 4.79 Å². The van der Waals surface area contributed by atoms with Crippen LogP contribution in [-0.2, 0) is 4.79 Å². The van der Waals surface area contributed by atoms with Crippen LogP contribution >= 0.6 is 0 Å². The molecule has 0 spiro atoms. The molecule has 0 saturated carbocycles. The number of likely N-dealkylation sites (tertiary alicyclic amines) is 1. The van der Waals surface area contributed by atoms with Gasteiger partial charge in [-0.1, -0.05) is 0 Å². The number of carbonyl (C=O) groups excluding carboxylic acids is 1. The summed E-state index contributed by atoms with van der Waals surface area (Å²) in [5, 5.41) is 0. The Bertz CT molecular complexity index is 434. The molecule has 6 nitrogen and oxygen atoms in total. The van der Waals surface area contributed by atoms with Crippen molar-refractivity contribution in [2.45, 2.75) is 12.3 Å². The van der Waals surface area contributed by atoms with Crippen molar-refractivity contribution in [2.24, 2.45) is 0 Å². The van der Waals surface area contributed by atoms with Crippen LogP contribution in [-0.4, -0.2) is 59.4 Å². The molecule has 1 amide bonds. The molecule has 6 heteroatoms. The molecule has 1 fully saturated rings. The predicted molar refractivity (Wildman–Crippen MR) is 68.9 cm³/mol. The Hall–Kier alpha value is -1.69. The maximum atomic E-state index is 11.9. The van der Waals surface area contributed by atoms with Crippen molar-refractivity contribution in [3.8, 4) is 0 Å². The molecule has 0 aliphatic carbocycles. The van der Waals surface area contributed by atoms with Crippen molar-refractivity contribution in [2.75, 3.05) is 39.5 Å². The topological polar surface area (TPSA) is 75.4 Å². The van der Waals surface area contributed by atoms with Crippen LogP contribution < -0.4 is 5.73 Å². The number of likely N-dealkylation sites (N-methyl/N-ethyl adjacent to an activating group) is 1. The van der Waals surface area contributed by atoms with E-state index in [1.54, 1.807) is 6.20 Å². The molecule has 1 atom stereocenters. The highest BCUT2D eigenvalue weighted by molar-refractivity contribution is 5.78. The number of anilines is 1. The van der Waals surface area contributed by atoms with Crippen LogP contribution in [0.25, 0.3) is 0 Å². The molecule has 1 aromatic rings. The molecule has 0 aromatic carbocycles. The second-order valence-corrected chi connectivity index (χ2v) is 4.90. The van der Waals surface area contributed by atoms with Crippen LogP contribution in [0.3, 0.4) is 0 Å². The van der Waals surface area contributed by atoms with E-state index < -0.39 is 0 Å². The van der Waals surface area contributed by atoms with Crippen molar-refractivity contribution in [1.82, 2.24) is 19.8 Å². The van der Waals surface area contributed by atoms with Crippen molar-refractivity contribution in [1.29, 1.82) is 0 Å². The molecule has 1 aliphatic rings. The first-order valence-electron chi connectivity index (χ1n) is 6.07. The van der Waals surface area contributed by atoms with Gasteiger partial charge in [0.2, 0.25) is 11.9 Å². The molecule has 2 N–H and O–H groups in total. The van der Waals surface area contributed by atoms with Crippen molar-refractivity contribution < 1.29 is 4.79 Å². The Morgan fingerprint density at radius 1 is 1.61 bits per heavy atom. The Kier molecular flexibility index (Phi) is 3.76. The number of nitrogen functional groups attached to an aromatic ring is 1. The largest absolute Gasteiger partial charge is 0.368 e. The third-order valence-corrected chi connectivity index (χ3v) is 3.11. The third-order valence-electron chi connectivity index (χ3n) is 3.11. The first kappa shape index (κ1) is 12.8. The summed E-state index contributed by atoms with van der Waals surface area (Å²) in [6.07, 6.45) is 2.61. The van der Waals surface area contributed by atoms with E-state index in [-0.39, 0.29) is 11.8 Å². The Morgan fingerprint density at radius 2 is 2.39 bits per heavy atom. The zero-order valence-electron chi connectivity index (χ0n) is 10.8. The summed E-state index contributed by atoms with van der Waals surface area (Å²) in [7, 11) is 3.80. The Morgan fingerprint density at radius 3 is 3.06 bits per heavy atom. The van der Waals surface area contributed by atoms with Crippen LogP contribution in [0, 0.1) is 0 Å². The second kappa shape index (κ2) is 5.30. The molecular formula is C12H19N5O. The number of amides is 1. The molecule has 0 unspecified atom stereocenters. The van der Waals surface area contributed by atoms with E-state index in [1.807, 2.05) is 30.0 Å². The van der Waals surface area contributed by atoms with Gasteiger partial charge in [0.05, 0.1) is 12.2 Å². The quantitative estimate of drug-likeness (QED) is 0.812. The monoisotopic (exact) mass is 249 g/mol. The summed E-state index contributed by atoms with van der Waals surface area (Å²) >= 11 is 0. The molecule has 0 radical (unpaired) electrons. The average molecular weight is 249 g/mol. The lowest BCUT2D eigenvalue weighted by Gasteiger charge is -2.18. The molecule has 1 aromatic heterocycles. The highest BCUT2D eigenvalue weighted by Crippen LogP contribution is 2.25. The van der Waals surface area contributed by atoms with Crippen molar-refractivity contribution in [3.05, 3.63) is 18.0 Å². The first-order valence-corrected chi connectivity index (χ1v) is 6.07. The summed E-state index contributed by atoms with van der Waals surface area (Å²) in [5.41, 5.74) is 6.51. The van der Waals surface area contributed by atoms with E-state index in [4.69, 9.17) is 5.73 Å². The van der Waals surface area contributed by atoms with Gasteiger partial charge in [-0.15, -0.1) is 0 Å². The fraction of sp³-hybridized carbons (Fsp3) is 0.583. The highest BCUT2D eigenvalue weighted by atomic mass is 16.2. The summed E-state index contributed by atoms with van der Waals surface area (Å²) in [4.78, 5) is 23.8. The van der Waals surface area contributed by atoms with Gasteiger partial charge in [0.1, 0.15) is 0 Å². The lowest BCUT2D eigenvalue weighted by atomic mass is 10.1. The third kappa shape index (κ3) is 2.95. The normalized spacial score (nSPS) is 19.5. The van der Waals surface area contributed by atoms with E-state index in [9.17, 15) is 4.79 Å². The SMILES string of the molecule is CN(C)CC(=O)N1CC[C@H](c2ccnc(N)n2)C1. The zero-order valence-corrected chi connectivity index (χ0v) is 10.8. The lowest BCUT2D eigenvalue weighted by Crippen LogP contribution is -2.36. The average Bonchev–Trinajstić information content (AvgIpc) is 2.77. The van der Waals surface area contributed by atoms with E-state index in [0.29, 0.717) is 12.5 Å². The van der Waals surface area contributed by atoms with Crippen LogP contribution in [0.2, 0.25) is 0 Å². The van der Waals surface area contributed by atoms with E-state index in [1.165, 1.54) is 0 Å². The minimum Gasteiger partial charge on any atom is -0.368 e. The fourth-order valence-corrected chi connectivity index (χ4v) is 2.21. The van der Waals surface area contributed by atoms with E-state index >= 15 is 0 Å². The summed E-state index contributed by atoms with van der Waals surface area (Å²) in [5.74, 6) is 0.747. The smallest absolute Gasteiger partial charge is 0.236 e. The molecule has 1 aliphatic heterocycles. The summed E-state index contributed by atoms with van der Waals surface area (Å²) < 4.78 is 0. The van der Waals surface area contributed by atoms with Gasteiger partial charge < -0.3 is 15.5 Å². The molecule has 2 heterocycles. The van der Waals surface area contributed by atoms with Gasteiger partial charge in [-0.2, -0.15) is 0 Å². The molecule has 18 heavy (non-hydrogen) atoms. The van der Waals surface area contributed by atoms with Gasteiger partial charge in [-0.25, -0.2) is 9.97 Å². The highest BCUT2D eigenvalue weighted by Gasteiger charge is 2.28. The van der Waals surface area contributed by atoms with E-state index in [0.717, 1.165) is 25.2 Å². The Balaban J connectivity index is 1.98. The van der Waals surface area contributed by atoms with Gasteiger partial charge in [-0.05, 0) is 26.6 Å². The maximum Gasteiger partial charge on any atom is 0.236 e. The van der Waals surface area contributed by atoms with Gasteiger partial charge in [0, 0.05) is 25.2 Å². The molecule has 98 valence electrons. The fourth-order valence-electron chi connectivity index (χ4n) is 2.21. The number of carbonyl (C=O) groups is 1. The number of nitrogens with zero attached hydrogens (tertiary/aromatic N) is 4. The van der Waals surface area contributed by atoms with Crippen LogP contribution in [0.4, 0.5) is 5.95 Å². The second-order valence-electron chi connectivity index (χ2n) is 4.90. The summed E-state index contributed by atoms with van der Waals surface area (Å²) in [6, 6.07) is 1.88. The van der Waals surface area contributed by atoms with Crippen molar-refractivity contribution >= 4 is 11.9 Å². The molecular weight excluding hydrogens is 230 g/mol. The van der Waals surface area contributed by atoms with Crippen molar-refractivity contribution in [3.63, 3.8) is 0 Å². The van der Waals surface area contributed by atoms with Gasteiger partial charge in [0.25, 0.3) is 0 Å². The lowest BCUT2D eigenvalue weighted by molar-refractivity contribution is -0.130. The van der Waals surface area contributed by atoms with Crippen LogP contribution in [0.15, 0.2) is 12.3 Å². The number of aromatic nitrogens is 2. The number of hydrogen-bond acceptors (Lipinski definition) is 5. The Labute approximate surface area is 107 Å². The first-order chi connectivity index (χ1) is 8.56. The number of rotatable bonds is 3. The van der Waals surface area contributed by atoms with Crippen LogP contribution in [0.1, 0.15) is 18.0 Å². The van der Waals surface area contributed by atoms with Gasteiger partial charge >= 0.3 is 0 Å². The zero-order chi connectivity index (χ0) is 13.1. The minimum absolute atomic E-state index is 0.171. The van der Waals surface area contributed by atoms with E-state index in [2.05, 4.69) is 9.97 Å². The molecule has 2 rings (SSSR count). The minimum atomic E-state index is 0.171. The number of nitrogens with two attached hydrogens (primary N) is 1. The molecule has 0 bridgehead atoms.